The molecule has 2 heterocycles. The highest BCUT2D eigenvalue weighted by Gasteiger charge is 2.31. The lowest BCUT2D eigenvalue weighted by atomic mass is 9.78. The summed E-state index contributed by atoms with van der Waals surface area (Å²) in [7, 11) is 1.56. The molecule has 0 spiro atoms. The number of aryl methyl sites for hydroxylation is 3. The first-order valence-corrected chi connectivity index (χ1v) is 15.9. The second-order valence-electron chi connectivity index (χ2n) is 12.1. The third-order valence-electron chi connectivity index (χ3n) is 7.62. The van der Waals surface area contributed by atoms with E-state index in [9.17, 15) is 14.4 Å². The summed E-state index contributed by atoms with van der Waals surface area (Å²) in [5.41, 5.74) is 2.96. The van der Waals surface area contributed by atoms with Gasteiger partial charge in [-0.1, -0.05) is 52.5 Å². The lowest BCUT2D eigenvalue weighted by Crippen LogP contribution is -2.28. The summed E-state index contributed by atoms with van der Waals surface area (Å²) in [6.45, 7) is 11.7. The number of benzene rings is 1. The van der Waals surface area contributed by atoms with E-state index in [2.05, 4.69) is 27.2 Å². The zero-order chi connectivity index (χ0) is 33.1. The Labute approximate surface area is 270 Å². The maximum Gasteiger partial charge on any atom is 0.308 e. The standard InChI is InChI=1S/C33H46ClN5O6/c1-8-9-10-11-12-13-26(41)36-30-29-31(38-32(34)37-30)39(20-35-29)15-14-24(43-7)19-44-27(42)18-33(5,6)28-22(3)16-21(2)17-25(28)45-23(4)40/h16-17,20,24H,8-15,18-19H2,1-7H3,(H,36,37,38,41). The Balaban J connectivity index is 1.60. The minimum Gasteiger partial charge on any atom is -0.463 e. The Morgan fingerprint density at radius 3 is 2.51 bits per heavy atom. The van der Waals surface area contributed by atoms with E-state index in [4.69, 9.17) is 25.8 Å². The van der Waals surface area contributed by atoms with Crippen LogP contribution in [0.1, 0.15) is 95.8 Å². The molecule has 0 aliphatic heterocycles. The van der Waals surface area contributed by atoms with E-state index in [1.54, 1.807) is 18.0 Å². The first-order chi connectivity index (χ1) is 21.3. The van der Waals surface area contributed by atoms with Crippen LogP contribution in [0.2, 0.25) is 5.28 Å². The maximum absolute atomic E-state index is 13.0. The van der Waals surface area contributed by atoms with Crippen molar-refractivity contribution in [1.29, 1.82) is 0 Å². The molecule has 1 unspecified atom stereocenters. The van der Waals surface area contributed by atoms with E-state index in [-0.39, 0.29) is 30.0 Å². The molecule has 1 amide bonds. The monoisotopic (exact) mass is 643 g/mol. The number of methoxy groups -OCH3 is 1. The third kappa shape index (κ3) is 10.5. The van der Waals surface area contributed by atoms with Crippen LogP contribution in [0.4, 0.5) is 5.82 Å². The van der Waals surface area contributed by atoms with Crippen LogP contribution in [0, 0.1) is 13.8 Å². The number of anilines is 1. The maximum atomic E-state index is 13.0. The topological polar surface area (TPSA) is 135 Å². The number of unbranched alkanes of at least 4 members (excludes halogenated alkanes) is 4. The van der Waals surface area contributed by atoms with Gasteiger partial charge in [-0.15, -0.1) is 0 Å². The first kappa shape index (κ1) is 35.9. The number of fused-ring (bicyclic) bond motifs is 1. The van der Waals surface area contributed by atoms with Crippen LogP contribution in [-0.4, -0.2) is 57.2 Å². The Hall–Kier alpha value is -3.57. The number of nitrogens with zero attached hydrogens (tertiary/aromatic N) is 4. The van der Waals surface area contributed by atoms with Crippen molar-refractivity contribution >= 4 is 46.4 Å². The van der Waals surface area contributed by atoms with Crippen molar-refractivity contribution in [2.45, 2.75) is 111 Å². The fourth-order valence-electron chi connectivity index (χ4n) is 5.52. The molecule has 1 atom stereocenters. The largest absolute Gasteiger partial charge is 0.463 e. The molecule has 1 N–H and O–H groups in total. The van der Waals surface area contributed by atoms with E-state index < -0.39 is 23.5 Å². The number of rotatable bonds is 17. The van der Waals surface area contributed by atoms with Crippen molar-refractivity contribution < 1.29 is 28.6 Å². The van der Waals surface area contributed by atoms with Crippen LogP contribution in [0.25, 0.3) is 11.2 Å². The number of ether oxygens (including phenoxy) is 3. The number of carbonyl (C=O) groups excluding carboxylic acids is 3. The van der Waals surface area contributed by atoms with E-state index in [0.29, 0.717) is 36.3 Å². The SMILES string of the molecule is CCCCCCCC(=O)Nc1nc(Cl)nc2c1ncn2CCC(COC(=O)CC(C)(C)c1c(C)cc(C)cc1OC(C)=O)OC. The van der Waals surface area contributed by atoms with E-state index in [1.807, 2.05) is 39.8 Å². The summed E-state index contributed by atoms with van der Waals surface area (Å²) in [6.07, 6.45) is 7.44. The van der Waals surface area contributed by atoms with Gasteiger partial charge in [0.1, 0.15) is 12.4 Å². The van der Waals surface area contributed by atoms with Crippen molar-refractivity contribution in [1.82, 2.24) is 19.5 Å². The van der Waals surface area contributed by atoms with E-state index >= 15 is 0 Å². The van der Waals surface area contributed by atoms with Crippen molar-refractivity contribution in [3.05, 3.63) is 40.4 Å². The van der Waals surface area contributed by atoms with E-state index in [1.165, 1.54) is 13.3 Å². The minimum atomic E-state index is -0.654. The summed E-state index contributed by atoms with van der Waals surface area (Å²) < 4.78 is 18.5. The van der Waals surface area contributed by atoms with Crippen molar-refractivity contribution in [2.24, 2.45) is 0 Å². The lowest BCUT2D eigenvalue weighted by molar-refractivity contribution is -0.148. The molecule has 0 radical (unpaired) electrons. The average Bonchev–Trinajstić information content (AvgIpc) is 3.34. The molecule has 3 aromatic rings. The summed E-state index contributed by atoms with van der Waals surface area (Å²) in [6, 6.07) is 3.81. The Bertz CT molecular complexity index is 1490. The predicted octanol–water partition coefficient (Wildman–Crippen LogP) is 6.64. The van der Waals surface area contributed by atoms with Gasteiger partial charge in [-0.25, -0.2) is 4.98 Å². The number of hydrogen-bond acceptors (Lipinski definition) is 9. The number of carbonyl (C=O) groups is 3. The zero-order valence-electron chi connectivity index (χ0n) is 27.5. The predicted molar refractivity (Wildman–Crippen MR) is 174 cm³/mol. The van der Waals surface area contributed by atoms with Crippen molar-refractivity contribution in [3.63, 3.8) is 0 Å². The van der Waals surface area contributed by atoms with Gasteiger partial charge >= 0.3 is 11.9 Å². The summed E-state index contributed by atoms with van der Waals surface area (Å²) >= 11 is 6.20. The van der Waals surface area contributed by atoms with Gasteiger partial charge in [0, 0.05) is 38.0 Å². The molecule has 11 nitrogen and oxygen atoms in total. The van der Waals surface area contributed by atoms with Crippen LogP contribution in [0.5, 0.6) is 5.75 Å². The number of nitrogens with one attached hydrogen (secondary N) is 1. The highest BCUT2D eigenvalue weighted by molar-refractivity contribution is 6.28. The molecule has 0 aliphatic carbocycles. The van der Waals surface area contributed by atoms with Crippen molar-refractivity contribution in [3.8, 4) is 5.75 Å². The van der Waals surface area contributed by atoms with Crippen LogP contribution < -0.4 is 10.1 Å². The molecular weight excluding hydrogens is 598 g/mol. The van der Waals surface area contributed by atoms with Crippen LogP contribution in [0.15, 0.2) is 18.5 Å². The summed E-state index contributed by atoms with van der Waals surface area (Å²) in [5.74, 6) is -0.219. The number of hydrogen-bond donors (Lipinski definition) is 1. The molecule has 0 aliphatic rings. The minimum absolute atomic E-state index is 0.00278. The molecule has 12 heteroatoms. The van der Waals surface area contributed by atoms with Gasteiger partial charge in [0.2, 0.25) is 11.2 Å². The number of imidazole rings is 1. The summed E-state index contributed by atoms with van der Waals surface area (Å²) in [5, 5.41) is 2.83. The van der Waals surface area contributed by atoms with Gasteiger partial charge < -0.3 is 24.1 Å². The van der Waals surface area contributed by atoms with E-state index in [0.717, 1.165) is 42.4 Å². The molecule has 0 saturated carbocycles. The second-order valence-corrected chi connectivity index (χ2v) is 12.4. The van der Waals surface area contributed by atoms with Gasteiger partial charge in [0.25, 0.3) is 0 Å². The fourth-order valence-corrected chi connectivity index (χ4v) is 5.69. The van der Waals surface area contributed by atoms with Crippen LogP contribution in [0.3, 0.4) is 0 Å². The zero-order valence-corrected chi connectivity index (χ0v) is 28.3. The first-order valence-electron chi connectivity index (χ1n) is 15.5. The summed E-state index contributed by atoms with van der Waals surface area (Å²) in [4.78, 5) is 50.2. The molecule has 246 valence electrons. The average molecular weight is 644 g/mol. The fraction of sp³-hybridized carbons (Fsp3) is 0.576. The highest BCUT2D eigenvalue weighted by atomic mass is 35.5. The molecule has 2 aromatic heterocycles. The molecule has 1 aromatic carbocycles. The van der Waals surface area contributed by atoms with Gasteiger partial charge in [-0.3, -0.25) is 14.4 Å². The number of halogens is 1. The normalized spacial score (nSPS) is 12.3. The molecule has 45 heavy (non-hydrogen) atoms. The highest BCUT2D eigenvalue weighted by Crippen LogP contribution is 2.38. The van der Waals surface area contributed by atoms with Gasteiger partial charge in [-0.2, -0.15) is 9.97 Å². The van der Waals surface area contributed by atoms with Crippen LogP contribution >= 0.6 is 11.6 Å². The number of amides is 1. The molecule has 3 rings (SSSR count). The molecule has 0 saturated heterocycles. The Kier molecular flexibility index (Phi) is 13.3. The van der Waals surface area contributed by atoms with Gasteiger partial charge in [0.05, 0.1) is 18.9 Å². The van der Waals surface area contributed by atoms with Gasteiger partial charge in [-0.05, 0) is 55.5 Å². The van der Waals surface area contributed by atoms with Crippen molar-refractivity contribution in [2.75, 3.05) is 19.0 Å². The second kappa shape index (κ2) is 16.7. The molecule has 0 bridgehead atoms. The molecule has 0 fully saturated rings. The molecular formula is C33H46ClN5O6. The lowest BCUT2D eigenvalue weighted by Gasteiger charge is -2.29. The quantitative estimate of drug-likeness (QED) is 0.0743. The van der Waals surface area contributed by atoms with Crippen LogP contribution in [-0.2, 0) is 35.8 Å². The Morgan fingerprint density at radius 2 is 1.82 bits per heavy atom. The smallest absolute Gasteiger partial charge is 0.308 e. The number of aromatic nitrogens is 4. The van der Waals surface area contributed by atoms with Gasteiger partial charge in [0.15, 0.2) is 17.0 Å². The Morgan fingerprint density at radius 1 is 1.09 bits per heavy atom. The third-order valence-corrected chi connectivity index (χ3v) is 7.79. The number of esters is 2.